The molecule has 2 heterocycles. The molecule has 0 bridgehead atoms. The maximum Gasteiger partial charge on any atom is 0.283 e. The second kappa shape index (κ2) is 8.27. The van der Waals surface area contributed by atoms with Crippen molar-refractivity contribution in [1.29, 1.82) is 0 Å². The summed E-state index contributed by atoms with van der Waals surface area (Å²) in [7, 11) is 0. The van der Waals surface area contributed by atoms with Gasteiger partial charge in [0.2, 0.25) is 11.9 Å². The van der Waals surface area contributed by atoms with Crippen molar-refractivity contribution >= 4 is 35.1 Å². The zero-order valence-electron chi connectivity index (χ0n) is 15.3. The molecule has 1 N–H and O–H groups in total. The van der Waals surface area contributed by atoms with Crippen LogP contribution in [0, 0.1) is 5.82 Å². The normalized spacial score (nSPS) is 13.8. The summed E-state index contributed by atoms with van der Waals surface area (Å²) in [5.74, 6) is -0.925. The molecule has 30 heavy (non-hydrogen) atoms. The first-order valence-corrected chi connectivity index (χ1v) is 9.75. The number of nitrogens with one attached hydrogen (secondary N) is 1. The third-order valence-corrected chi connectivity index (χ3v) is 5.29. The van der Waals surface area contributed by atoms with E-state index in [1.54, 1.807) is 0 Å². The summed E-state index contributed by atoms with van der Waals surface area (Å²) in [4.78, 5) is 16.4. The molecule has 1 aliphatic rings. The Bertz CT molecular complexity index is 1100. The van der Waals surface area contributed by atoms with E-state index in [0.717, 1.165) is 12.8 Å². The summed E-state index contributed by atoms with van der Waals surface area (Å²) < 4.78 is 42.0. The molecule has 1 aliphatic carbocycles. The minimum Gasteiger partial charge on any atom is -0.292 e. The number of alkyl halides is 2. The van der Waals surface area contributed by atoms with Gasteiger partial charge in [0, 0.05) is 10.9 Å². The first-order chi connectivity index (χ1) is 14.3. The highest BCUT2D eigenvalue weighted by Crippen LogP contribution is 2.45. The predicted octanol–water partition coefficient (Wildman–Crippen LogP) is 4.42. The van der Waals surface area contributed by atoms with Crippen molar-refractivity contribution < 1.29 is 18.0 Å². The Labute approximate surface area is 178 Å². The van der Waals surface area contributed by atoms with Crippen LogP contribution in [0.4, 0.5) is 19.1 Å². The monoisotopic (exact) mass is 458 g/mol. The van der Waals surface area contributed by atoms with Gasteiger partial charge in [-0.1, -0.05) is 29.3 Å². The molecular formula is C18H15Cl2F3N6O. The fourth-order valence-electron chi connectivity index (χ4n) is 3.03. The number of carbonyl (C=O) groups is 1. The van der Waals surface area contributed by atoms with Gasteiger partial charge in [0.05, 0.1) is 17.3 Å². The zero-order chi connectivity index (χ0) is 21.4. The summed E-state index contributed by atoms with van der Waals surface area (Å²) in [6.07, 6.45) is 0.182. The maximum absolute atomic E-state index is 13.1. The average Bonchev–Trinajstić information content (AvgIpc) is 3.32. The number of carbonyl (C=O) groups excluding carboxylic acids is 1. The Morgan fingerprint density at radius 1 is 1.27 bits per heavy atom. The molecule has 0 spiro atoms. The van der Waals surface area contributed by atoms with Crippen LogP contribution >= 0.6 is 23.2 Å². The van der Waals surface area contributed by atoms with E-state index in [1.807, 2.05) is 0 Å². The van der Waals surface area contributed by atoms with Crippen molar-refractivity contribution in [3.05, 3.63) is 57.3 Å². The van der Waals surface area contributed by atoms with Crippen molar-refractivity contribution in [2.45, 2.75) is 38.3 Å². The van der Waals surface area contributed by atoms with Gasteiger partial charge < -0.3 is 0 Å². The third kappa shape index (κ3) is 4.44. The first-order valence-electron chi connectivity index (χ1n) is 8.99. The van der Waals surface area contributed by atoms with Gasteiger partial charge in [0.15, 0.2) is 0 Å². The van der Waals surface area contributed by atoms with E-state index < -0.39 is 23.8 Å². The molecule has 0 aliphatic heterocycles. The fourth-order valence-corrected chi connectivity index (χ4v) is 3.63. The highest BCUT2D eigenvalue weighted by atomic mass is 35.5. The van der Waals surface area contributed by atoms with Crippen LogP contribution in [0.5, 0.6) is 0 Å². The Hall–Kier alpha value is -2.59. The van der Waals surface area contributed by atoms with E-state index in [9.17, 15) is 18.0 Å². The van der Waals surface area contributed by atoms with Crippen LogP contribution in [0.3, 0.4) is 0 Å². The van der Waals surface area contributed by atoms with Gasteiger partial charge in [-0.25, -0.2) is 22.8 Å². The van der Waals surface area contributed by atoms with Crippen LogP contribution in [0.15, 0.2) is 24.5 Å². The summed E-state index contributed by atoms with van der Waals surface area (Å²) in [6.45, 7) is -0.0725. The molecule has 1 saturated carbocycles. The fraction of sp³-hybridized carbons (Fsp3) is 0.333. The maximum atomic E-state index is 13.1. The summed E-state index contributed by atoms with van der Waals surface area (Å²) >= 11 is 12.0. The number of hydrogen-bond acceptors (Lipinski definition) is 4. The van der Waals surface area contributed by atoms with Crippen molar-refractivity contribution in [2.75, 3.05) is 5.32 Å². The molecule has 1 amide bonds. The Morgan fingerprint density at radius 3 is 2.70 bits per heavy atom. The molecular weight excluding hydrogens is 444 g/mol. The molecule has 2 aromatic heterocycles. The van der Waals surface area contributed by atoms with Gasteiger partial charge in [-0.2, -0.15) is 5.10 Å². The van der Waals surface area contributed by atoms with Crippen molar-refractivity contribution in [3.63, 3.8) is 0 Å². The highest BCUT2D eigenvalue weighted by Gasteiger charge is 2.34. The number of anilines is 1. The molecule has 3 aromatic rings. The minimum atomic E-state index is -2.82. The van der Waals surface area contributed by atoms with Crippen LogP contribution in [-0.2, 0) is 17.9 Å². The van der Waals surface area contributed by atoms with Gasteiger partial charge in [-0.3, -0.25) is 14.8 Å². The van der Waals surface area contributed by atoms with Gasteiger partial charge >= 0.3 is 0 Å². The molecule has 4 rings (SSSR count). The number of amides is 1. The molecule has 0 saturated heterocycles. The Balaban J connectivity index is 1.43. The van der Waals surface area contributed by atoms with E-state index in [2.05, 4.69) is 20.5 Å². The SMILES string of the molecule is O=C(Cn1nc(C(F)F)c(Cl)c1C1CC1)Nc1ncn(Cc2ccc(F)cc2Cl)n1. The van der Waals surface area contributed by atoms with E-state index in [-0.39, 0.29) is 35.0 Å². The van der Waals surface area contributed by atoms with Gasteiger partial charge in [0.25, 0.3) is 6.43 Å². The minimum absolute atomic E-state index is 0.0264. The largest absolute Gasteiger partial charge is 0.292 e. The standard InChI is InChI=1S/C18H15Cl2F3N6O/c19-12-5-11(21)4-3-10(12)6-28-8-24-18(27-28)25-13(30)7-29-16(9-1-2-9)14(20)15(26-29)17(22)23/h3-5,8-9,17H,1-2,6-7H2,(H,25,27,30). The van der Waals surface area contributed by atoms with Crippen LogP contribution < -0.4 is 5.32 Å². The number of nitrogens with zero attached hydrogens (tertiary/aromatic N) is 5. The van der Waals surface area contributed by atoms with Gasteiger partial charge in [0.1, 0.15) is 24.4 Å². The van der Waals surface area contributed by atoms with Crippen molar-refractivity contribution in [3.8, 4) is 0 Å². The molecule has 1 aromatic carbocycles. The summed E-state index contributed by atoms with van der Waals surface area (Å²) in [5.41, 5.74) is 0.553. The lowest BCUT2D eigenvalue weighted by Gasteiger charge is -2.06. The Kier molecular flexibility index (Phi) is 5.70. The second-order valence-electron chi connectivity index (χ2n) is 6.87. The molecule has 7 nitrogen and oxygen atoms in total. The molecule has 1 fully saturated rings. The van der Waals surface area contributed by atoms with E-state index in [4.69, 9.17) is 23.2 Å². The molecule has 158 valence electrons. The summed E-state index contributed by atoms with van der Waals surface area (Å²) in [6, 6.07) is 4.00. The van der Waals surface area contributed by atoms with Crippen LogP contribution in [0.25, 0.3) is 0 Å². The molecule has 0 atom stereocenters. The number of hydrogen-bond donors (Lipinski definition) is 1. The number of halogens is 5. The predicted molar refractivity (Wildman–Crippen MR) is 103 cm³/mol. The van der Waals surface area contributed by atoms with Gasteiger partial charge in [-0.05, 0) is 30.5 Å². The second-order valence-corrected chi connectivity index (χ2v) is 7.65. The first kappa shape index (κ1) is 20.7. The van der Waals surface area contributed by atoms with Crippen LogP contribution in [-0.4, -0.2) is 30.5 Å². The zero-order valence-corrected chi connectivity index (χ0v) is 16.8. The lowest BCUT2D eigenvalue weighted by atomic mass is 10.2. The van der Waals surface area contributed by atoms with Crippen molar-refractivity contribution in [1.82, 2.24) is 24.5 Å². The summed E-state index contributed by atoms with van der Waals surface area (Å²) in [5, 5.41) is 10.6. The number of rotatable bonds is 7. The molecule has 12 heteroatoms. The van der Waals surface area contributed by atoms with Gasteiger partial charge in [-0.15, -0.1) is 5.10 Å². The van der Waals surface area contributed by atoms with Crippen molar-refractivity contribution in [2.24, 2.45) is 0 Å². The lowest BCUT2D eigenvalue weighted by molar-refractivity contribution is -0.117. The quantitative estimate of drug-likeness (QED) is 0.568. The van der Waals surface area contributed by atoms with Crippen LogP contribution in [0.1, 0.15) is 42.1 Å². The number of aromatic nitrogens is 5. The molecule has 0 unspecified atom stereocenters. The Morgan fingerprint density at radius 2 is 2.03 bits per heavy atom. The van der Waals surface area contributed by atoms with E-state index >= 15 is 0 Å². The van der Waals surface area contributed by atoms with E-state index in [1.165, 1.54) is 33.9 Å². The van der Waals surface area contributed by atoms with Crippen LogP contribution in [0.2, 0.25) is 10.0 Å². The third-order valence-electron chi connectivity index (χ3n) is 4.56. The average molecular weight is 459 g/mol. The topological polar surface area (TPSA) is 77.6 Å². The molecule has 0 radical (unpaired) electrons. The highest BCUT2D eigenvalue weighted by molar-refractivity contribution is 6.32. The number of benzene rings is 1. The smallest absolute Gasteiger partial charge is 0.283 e. The van der Waals surface area contributed by atoms with E-state index in [0.29, 0.717) is 11.3 Å². The lowest BCUT2D eigenvalue weighted by Crippen LogP contribution is -2.21.